The summed E-state index contributed by atoms with van der Waals surface area (Å²) in [4.78, 5) is 2.56. The molecule has 1 aliphatic heterocycles. The van der Waals surface area contributed by atoms with Crippen LogP contribution in [0, 0.1) is 0 Å². The smallest absolute Gasteiger partial charge is 0.123 e. The van der Waals surface area contributed by atoms with Crippen molar-refractivity contribution in [3.05, 3.63) is 29.8 Å². The molecule has 94 valence electrons. The van der Waals surface area contributed by atoms with Crippen LogP contribution in [-0.4, -0.2) is 24.6 Å². The second-order valence-corrected chi connectivity index (χ2v) is 4.73. The summed E-state index contributed by atoms with van der Waals surface area (Å²) in [6.07, 6.45) is 5.47. The number of ether oxygens (including phenoxy) is 1. The average Bonchev–Trinajstić information content (AvgIpc) is 2.61. The van der Waals surface area contributed by atoms with Gasteiger partial charge in [-0.05, 0) is 38.9 Å². The van der Waals surface area contributed by atoms with Gasteiger partial charge in [-0.3, -0.25) is 4.90 Å². The molecule has 1 fully saturated rings. The fraction of sp³-hybridized carbons (Fsp3) is 0.600. The fourth-order valence-corrected chi connectivity index (χ4v) is 2.47. The lowest BCUT2D eigenvalue weighted by Gasteiger charge is -2.21. The number of hydrogen-bond acceptors (Lipinski definition) is 2. The molecule has 1 aliphatic rings. The van der Waals surface area contributed by atoms with E-state index < -0.39 is 0 Å². The molecular weight excluding hydrogens is 210 g/mol. The van der Waals surface area contributed by atoms with E-state index in [1.807, 2.05) is 6.92 Å². The predicted octanol–water partition coefficient (Wildman–Crippen LogP) is 3.46. The summed E-state index contributed by atoms with van der Waals surface area (Å²) in [5, 5.41) is 0. The quantitative estimate of drug-likeness (QED) is 0.789. The van der Waals surface area contributed by atoms with Crippen molar-refractivity contribution in [2.24, 2.45) is 0 Å². The molecule has 0 saturated carbocycles. The van der Waals surface area contributed by atoms with E-state index in [0.717, 1.165) is 18.9 Å². The topological polar surface area (TPSA) is 12.5 Å². The second kappa shape index (κ2) is 6.65. The minimum atomic E-state index is 0.747. The Hall–Kier alpha value is -1.02. The molecular formula is C15H23NO. The van der Waals surface area contributed by atoms with Gasteiger partial charge in [-0.2, -0.15) is 0 Å². The first-order valence-electron chi connectivity index (χ1n) is 6.83. The third-order valence-electron chi connectivity index (χ3n) is 3.37. The van der Waals surface area contributed by atoms with Crippen LogP contribution in [0.15, 0.2) is 24.3 Å². The highest BCUT2D eigenvalue weighted by Crippen LogP contribution is 2.21. The molecule has 1 aromatic carbocycles. The molecule has 0 radical (unpaired) electrons. The van der Waals surface area contributed by atoms with Crippen molar-refractivity contribution < 1.29 is 4.74 Å². The van der Waals surface area contributed by atoms with Crippen LogP contribution >= 0.6 is 0 Å². The lowest BCUT2D eigenvalue weighted by atomic mass is 10.2. The van der Waals surface area contributed by atoms with Crippen molar-refractivity contribution in [2.45, 2.75) is 39.2 Å². The maximum absolute atomic E-state index is 5.68. The zero-order valence-electron chi connectivity index (χ0n) is 10.8. The number of likely N-dealkylation sites (tertiary alicyclic amines) is 1. The number of hydrogen-bond donors (Lipinski definition) is 0. The molecule has 0 aliphatic carbocycles. The van der Waals surface area contributed by atoms with Crippen LogP contribution in [0.2, 0.25) is 0 Å². The molecule has 1 saturated heterocycles. The third kappa shape index (κ3) is 3.74. The lowest BCUT2D eigenvalue weighted by Crippen LogP contribution is -2.24. The Morgan fingerprint density at radius 1 is 1.06 bits per heavy atom. The summed E-state index contributed by atoms with van der Waals surface area (Å²) >= 11 is 0. The Morgan fingerprint density at radius 3 is 2.47 bits per heavy atom. The molecule has 0 spiro atoms. The van der Waals surface area contributed by atoms with E-state index in [2.05, 4.69) is 29.2 Å². The van der Waals surface area contributed by atoms with Gasteiger partial charge in [-0.1, -0.05) is 31.0 Å². The molecule has 1 aromatic rings. The highest BCUT2D eigenvalue weighted by atomic mass is 16.5. The van der Waals surface area contributed by atoms with Crippen LogP contribution in [0.5, 0.6) is 5.75 Å². The van der Waals surface area contributed by atoms with E-state index in [0.29, 0.717) is 0 Å². The van der Waals surface area contributed by atoms with Gasteiger partial charge >= 0.3 is 0 Å². The molecule has 17 heavy (non-hydrogen) atoms. The summed E-state index contributed by atoms with van der Waals surface area (Å²) in [5.74, 6) is 1.05. The van der Waals surface area contributed by atoms with Crippen molar-refractivity contribution >= 4 is 0 Å². The third-order valence-corrected chi connectivity index (χ3v) is 3.37. The van der Waals surface area contributed by atoms with Crippen LogP contribution in [0.4, 0.5) is 0 Å². The van der Waals surface area contributed by atoms with Gasteiger partial charge in [0.1, 0.15) is 5.75 Å². The van der Waals surface area contributed by atoms with Crippen molar-refractivity contribution in [3.63, 3.8) is 0 Å². The van der Waals surface area contributed by atoms with E-state index in [1.54, 1.807) is 0 Å². The van der Waals surface area contributed by atoms with Gasteiger partial charge < -0.3 is 4.74 Å². The summed E-state index contributed by atoms with van der Waals surface area (Å²) in [7, 11) is 0. The van der Waals surface area contributed by atoms with Crippen LogP contribution in [0.25, 0.3) is 0 Å². The molecule has 0 bridgehead atoms. The first kappa shape index (κ1) is 12.4. The Balaban J connectivity index is 2.00. The largest absolute Gasteiger partial charge is 0.494 e. The van der Waals surface area contributed by atoms with Gasteiger partial charge in [-0.25, -0.2) is 0 Å². The van der Waals surface area contributed by atoms with Gasteiger partial charge in [-0.15, -0.1) is 0 Å². The zero-order chi connectivity index (χ0) is 11.9. The normalized spacial score (nSPS) is 17.7. The Morgan fingerprint density at radius 2 is 1.76 bits per heavy atom. The van der Waals surface area contributed by atoms with E-state index in [1.165, 1.54) is 44.3 Å². The molecule has 0 atom stereocenters. The molecule has 2 heteroatoms. The first-order valence-corrected chi connectivity index (χ1v) is 6.83. The fourth-order valence-electron chi connectivity index (χ4n) is 2.47. The number of nitrogens with zero attached hydrogens (tertiary/aromatic N) is 1. The maximum Gasteiger partial charge on any atom is 0.123 e. The van der Waals surface area contributed by atoms with Crippen molar-refractivity contribution in [1.29, 1.82) is 0 Å². The van der Waals surface area contributed by atoms with Gasteiger partial charge in [0.15, 0.2) is 0 Å². The van der Waals surface area contributed by atoms with E-state index in [-0.39, 0.29) is 0 Å². The van der Waals surface area contributed by atoms with Gasteiger partial charge in [0.25, 0.3) is 0 Å². The van der Waals surface area contributed by atoms with E-state index >= 15 is 0 Å². The molecule has 2 nitrogen and oxygen atoms in total. The van der Waals surface area contributed by atoms with E-state index in [4.69, 9.17) is 4.74 Å². The van der Waals surface area contributed by atoms with Crippen LogP contribution in [-0.2, 0) is 6.54 Å². The Labute approximate surface area is 105 Å². The van der Waals surface area contributed by atoms with Crippen LogP contribution in [0.3, 0.4) is 0 Å². The summed E-state index contributed by atoms with van der Waals surface area (Å²) in [6, 6.07) is 8.43. The highest BCUT2D eigenvalue weighted by Gasteiger charge is 2.11. The average molecular weight is 233 g/mol. The summed E-state index contributed by atoms with van der Waals surface area (Å²) in [6.45, 7) is 6.30. The lowest BCUT2D eigenvalue weighted by molar-refractivity contribution is 0.267. The molecule has 0 amide bonds. The van der Waals surface area contributed by atoms with Crippen LogP contribution in [0.1, 0.15) is 38.2 Å². The first-order chi connectivity index (χ1) is 8.40. The number of para-hydroxylation sites is 1. The van der Waals surface area contributed by atoms with Crippen molar-refractivity contribution in [3.8, 4) is 5.75 Å². The van der Waals surface area contributed by atoms with Crippen LogP contribution < -0.4 is 4.74 Å². The maximum atomic E-state index is 5.68. The Bertz CT molecular complexity index is 329. The van der Waals surface area contributed by atoms with Gasteiger partial charge in [0.2, 0.25) is 0 Å². The Kier molecular flexibility index (Phi) is 4.87. The molecule has 0 N–H and O–H groups in total. The number of benzene rings is 1. The minimum Gasteiger partial charge on any atom is -0.494 e. The van der Waals surface area contributed by atoms with E-state index in [9.17, 15) is 0 Å². The van der Waals surface area contributed by atoms with Gasteiger partial charge in [0.05, 0.1) is 6.61 Å². The predicted molar refractivity (Wildman–Crippen MR) is 71.4 cm³/mol. The highest BCUT2D eigenvalue weighted by molar-refractivity contribution is 5.33. The van der Waals surface area contributed by atoms with Gasteiger partial charge in [0, 0.05) is 12.1 Å². The van der Waals surface area contributed by atoms with Crippen molar-refractivity contribution in [1.82, 2.24) is 4.90 Å². The molecule has 1 heterocycles. The molecule has 0 unspecified atom stereocenters. The summed E-state index contributed by atoms with van der Waals surface area (Å²) < 4.78 is 5.68. The monoisotopic (exact) mass is 233 g/mol. The standard InChI is InChI=1S/C15H23NO/c1-2-17-15-10-6-5-9-14(15)13-16-11-7-3-4-8-12-16/h5-6,9-10H,2-4,7-8,11-13H2,1H3. The zero-order valence-corrected chi connectivity index (χ0v) is 10.8. The number of rotatable bonds is 4. The summed E-state index contributed by atoms with van der Waals surface area (Å²) in [5.41, 5.74) is 1.33. The SMILES string of the molecule is CCOc1ccccc1CN1CCCCCC1. The molecule has 0 aromatic heterocycles. The second-order valence-electron chi connectivity index (χ2n) is 4.73. The molecule has 2 rings (SSSR count). The van der Waals surface area contributed by atoms with Crippen molar-refractivity contribution in [2.75, 3.05) is 19.7 Å². The minimum absolute atomic E-state index is 0.747.